The highest BCUT2D eigenvalue weighted by Crippen LogP contribution is 2.36. The molecule has 0 amide bonds. The van der Waals surface area contributed by atoms with Crippen molar-refractivity contribution in [2.45, 2.75) is 71.5 Å². The van der Waals surface area contributed by atoms with Gasteiger partial charge in [0.2, 0.25) is 0 Å². The van der Waals surface area contributed by atoms with Crippen LogP contribution in [0.4, 0.5) is 0 Å². The van der Waals surface area contributed by atoms with Gasteiger partial charge in [0.15, 0.2) is 0 Å². The number of aliphatic hydroxyl groups is 2. The van der Waals surface area contributed by atoms with Crippen LogP contribution in [0.15, 0.2) is 35.5 Å². The summed E-state index contributed by atoms with van der Waals surface area (Å²) < 4.78 is 10.3. The van der Waals surface area contributed by atoms with Crippen molar-refractivity contribution < 1.29 is 29.3 Å². The predicted octanol–water partition coefficient (Wildman–Crippen LogP) is 3.48. The van der Waals surface area contributed by atoms with E-state index in [1.165, 1.54) is 33.5 Å². The van der Waals surface area contributed by atoms with Crippen molar-refractivity contribution in [1.29, 1.82) is 0 Å². The van der Waals surface area contributed by atoms with Crippen molar-refractivity contribution in [3.05, 3.63) is 35.5 Å². The van der Waals surface area contributed by atoms with Crippen molar-refractivity contribution >= 4 is 11.9 Å². The van der Waals surface area contributed by atoms with Gasteiger partial charge < -0.3 is 19.7 Å². The average Bonchev–Trinajstić information content (AvgIpc) is 2.69. The van der Waals surface area contributed by atoms with E-state index in [0.717, 1.165) is 24.0 Å². The third kappa shape index (κ3) is 8.15. The molecule has 0 saturated heterocycles. The summed E-state index contributed by atoms with van der Waals surface area (Å²) in [5, 5.41) is 20.3. The molecule has 0 heterocycles. The first-order valence-corrected chi connectivity index (χ1v) is 10.1. The van der Waals surface area contributed by atoms with Gasteiger partial charge >= 0.3 is 11.9 Å². The van der Waals surface area contributed by atoms with Crippen LogP contribution in [-0.4, -0.2) is 47.6 Å². The van der Waals surface area contributed by atoms with Crippen LogP contribution in [0.1, 0.15) is 59.8 Å². The molecule has 3 atom stereocenters. The van der Waals surface area contributed by atoms with Gasteiger partial charge in [-0.05, 0) is 58.4 Å². The van der Waals surface area contributed by atoms with Gasteiger partial charge in [0.1, 0.15) is 6.61 Å². The minimum absolute atomic E-state index is 0.0160. The van der Waals surface area contributed by atoms with Gasteiger partial charge in [0.05, 0.1) is 24.7 Å². The first-order chi connectivity index (χ1) is 13.5. The highest BCUT2D eigenvalue weighted by atomic mass is 16.5. The summed E-state index contributed by atoms with van der Waals surface area (Å²) >= 11 is 0. The summed E-state index contributed by atoms with van der Waals surface area (Å²) in [6.45, 7) is 10.6. The molecular weight excluding hydrogens is 372 g/mol. The van der Waals surface area contributed by atoms with Crippen LogP contribution >= 0.6 is 0 Å². The Morgan fingerprint density at radius 3 is 2.59 bits per heavy atom. The monoisotopic (exact) mass is 408 g/mol. The van der Waals surface area contributed by atoms with Crippen LogP contribution < -0.4 is 0 Å². The van der Waals surface area contributed by atoms with Crippen LogP contribution in [0.3, 0.4) is 0 Å². The van der Waals surface area contributed by atoms with Gasteiger partial charge in [-0.25, -0.2) is 0 Å². The molecule has 2 N–H and O–H groups in total. The summed E-state index contributed by atoms with van der Waals surface area (Å²) in [5.74, 6) is -1.62. The summed E-state index contributed by atoms with van der Waals surface area (Å²) in [6.07, 6.45) is 6.04. The van der Waals surface area contributed by atoms with Gasteiger partial charge in [0, 0.05) is 12.8 Å². The third-order valence-electron chi connectivity index (χ3n) is 5.44. The lowest BCUT2D eigenvalue weighted by molar-refractivity contribution is -0.145. The Balaban J connectivity index is 3.33. The number of esters is 2. The molecule has 0 fully saturated rings. The summed E-state index contributed by atoms with van der Waals surface area (Å²) in [6, 6.07) is 0. The fraction of sp³-hybridized carbons (Fsp3) is 0.652. The van der Waals surface area contributed by atoms with Crippen LogP contribution in [0.25, 0.3) is 0 Å². The van der Waals surface area contributed by atoms with Crippen molar-refractivity contribution in [3.8, 4) is 0 Å². The maximum atomic E-state index is 12.7. The van der Waals surface area contributed by atoms with Gasteiger partial charge in [-0.2, -0.15) is 0 Å². The van der Waals surface area contributed by atoms with Gasteiger partial charge in [0.25, 0.3) is 0 Å². The third-order valence-corrected chi connectivity index (χ3v) is 5.44. The van der Waals surface area contributed by atoms with E-state index in [1.54, 1.807) is 6.08 Å². The number of hydrogen-bond donors (Lipinski definition) is 2. The number of aliphatic hydroxyl groups excluding tert-OH is 1. The highest BCUT2D eigenvalue weighted by molar-refractivity contribution is 5.76. The maximum Gasteiger partial charge on any atom is 0.313 e. The minimum atomic E-state index is -1.27. The lowest BCUT2D eigenvalue weighted by Gasteiger charge is -2.30. The van der Waals surface area contributed by atoms with Crippen LogP contribution in [-0.2, 0) is 19.1 Å². The Bertz CT molecular complexity index is 653. The molecule has 1 aliphatic rings. The average molecular weight is 409 g/mol. The number of methoxy groups -OCH3 is 1. The molecule has 1 unspecified atom stereocenters. The largest absolute Gasteiger partial charge is 0.469 e. The second-order valence-corrected chi connectivity index (χ2v) is 8.36. The maximum absolute atomic E-state index is 12.7. The zero-order valence-electron chi connectivity index (χ0n) is 18.4. The zero-order chi connectivity index (χ0) is 22.2. The zero-order valence-corrected chi connectivity index (χ0v) is 18.4. The summed E-state index contributed by atoms with van der Waals surface area (Å²) in [7, 11) is 1.36. The van der Waals surface area contributed by atoms with Crippen LogP contribution in [0.2, 0.25) is 0 Å². The number of carbonyl (C=O) groups is 2. The van der Waals surface area contributed by atoms with E-state index in [0.29, 0.717) is 12.8 Å². The Kier molecular flexibility index (Phi) is 9.80. The molecule has 1 rings (SSSR count). The fourth-order valence-corrected chi connectivity index (χ4v) is 3.51. The summed E-state index contributed by atoms with van der Waals surface area (Å²) in [5.41, 5.74) is 1.47. The highest BCUT2D eigenvalue weighted by Gasteiger charge is 2.35. The van der Waals surface area contributed by atoms with Gasteiger partial charge in [-0.15, -0.1) is 0 Å². The fourth-order valence-electron chi connectivity index (χ4n) is 3.51. The molecule has 1 aliphatic carbocycles. The van der Waals surface area contributed by atoms with Crippen LogP contribution in [0, 0.1) is 11.8 Å². The standard InChI is InChI=1S/C23H36O6/c1-15-8-7-9-16(2)21(22(26)28-6)19(12-10-15)18(14-29-17(3)24)11-13-20(25)23(4,5)27/h8,11,19-21,25,27H,2,7,9-10,12-14H2,1,3-6H3/b15-8+,18-11-/t19-,20?,21+/m1/s1. The molecule has 6 heteroatoms. The molecule has 29 heavy (non-hydrogen) atoms. The van der Waals surface area contributed by atoms with E-state index >= 15 is 0 Å². The van der Waals surface area contributed by atoms with E-state index in [9.17, 15) is 19.8 Å². The topological polar surface area (TPSA) is 93.1 Å². The van der Waals surface area contributed by atoms with Crippen molar-refractivity contribution in [3.63, 3.8) is 0 Å². The Morgan fingerprint density at radius 2 is 2.03 bits per heavy atom. The molecule has 0 radical (unpaired) electrons. The second-order valence-electron chi connectivity index (χ2n) is 8.36. The first-order valence-electron chi connectivity index (χ1n) is 10.1. The van der Waals surface area contributed by atoms with E-state index in [1.807, 2.05) is 0 Å². The molecule has 0 aromatic heterocycles. The molecule has 6 nitrogen and oxygen atoms in total. The SMILES string of the molecule is C=C1CC/C=C(\C)CC[C@H](/C(=C\CC(O)C(C)(C)O)COC(C)=O)[C@H]1C(=O)OC. The number of allylic oxidation sites excluding steroid dienone is 2. The van der Waals surface area contributed by atoms with E-state index in [-0.39, 0.29) is 24.9 Å². The molecule has 0 spiro atoms. The van der Waals surface area contributed by atoms with E-state index < -0.39 is 23.6 Å². The minimum Gasteiger partial charge on any atom is -0.469 e. The first kappa shape index (κ1) is 25.1. The van der Waals surface area contributed by atoms with Crippen molar-refractivity contribution in [1.82, 2.24) is 0 Å². The Labute approximate surface area is 174 Å². The lowest BCUT2D eigenvalue weighted by atomic mass is 9.77. The number of hydrogen-bond acceptors (Lipinski definition) is 6. The molecule has 0 aromatic rings. The molecular formula is C23H36O6. The molecule has 0 saturated carbocycles. The quantitative estimate of drug-likeness (QED) is 0.495. The predicted molar refractivity (Wildman–Crippen MR) is 112 cm³/mol. The number of carbonyl (C=O) groups excluding carboxylic acids is 2. The number of ether oxygens (including phenoxy) is 2. The van der Waals surface area contributed by atoms with Crippen LogP contribution in [0.5, 0.6) is 0 Å². The van der Waals surface area contributed by atoms with Crippen molar-refractivity contribution in [2.75, 3.05) is 13.7 Å². The molecule has 164 valence electrons. The number of rotatable bonds is 7. The van der Waals surface area contributed by atoms with Gasteiger partial charge in [-0.3, -0.25) is 9.59 Å². The van der Waals surface area contributed by atoms with Gasteiger partial charge in [-0.1, -0.05) is 29.9 Å². The Morgan fingerprint density at radius 1 is 1.38 bits per heavy atom. The van der Waals surface area contributed by atoms with Crippen molar-refractivity contribution in [2.24, 2.45) is 11.8 Å². The Hall–Kier alpha value is -1.92. The normalized spacial score (nSPS) is 24.4. The molecule has 0 aliphatic heterocycles. The van der Waals surface area contributed by atoms with E-state index in [2.05, 4.69) is 19.6 Å². The molecule has 0 bridgehead atoms. The smallest absolute Gasteiger partial charge is 0.313 e. The summed E-state index contributed by atoms with van der Waals surface area (Å²) in [4.78, 5) is 24.1. The lowest BCUT2D eigenvalue weighted by Crippen LogP contribution is -2.35. The van der Waals surface area contributed by atoms with E-state index in [4.69, 9.17) is 9.47 Å². The second kappa shape index (κ2) is 11.3. The molecule has 0 aromatic carbocycles.